The second-order valence-corrected chi connectivity index (χ2v) is 3.82. The summed E-state index contributed by atoms with van der Waals surface area (Å²) in [6.45, 7) is 1.92. The van der Waals surface area contributed by atoms with Gasteiger partial charge in [-0.2, -0.15) is 0 Å². The van der Waals surface area contributed by atoms with E-state index in [2.05, 4.69) is 10.2 Å². The van der Waals surface area contributed by atoms with Crippen LogP contribution in [0, 0.1) is 6.92 Å². The molecule has 0 aliphatic rings. The van der Waals surface area contributed by atoms with Crippen molar-refractivity contribution < 1.29 is 4.79 Å². The summed E-state index contributed by atoms with van der Waals surface area (Å²) < 4.78 is 1.78. The molecular formula is C8H7N3OS. The van der Waals surface area contributed by atoms with E-state index in [-0.39, 0.29) is 0 Å². The van der Waals surface area contributed by atoms with Gasteiger partial charge in [0.15, 0.2) is 6.29 Å². The Kier molecular flexibility index (Phi) is 1.94. The largest absolute Gasteiger partial charge is 0.298 e. The molecule has 0 saturated carbocycles. The first-order chi connectivity index (χ1) is 6.31. The van der Waals surface area contributed by atoms with Gasteiger partial charge in [-0.05, 0) is 13.0 Å². The summed E-state index contributed by atoms with van der Waals surface area (Å²) in [6.07, 6.45) is 4.08. The molecule has 2 heterocycles. The van der Waals surface area contributed by atoms with Crippen LogP contribution in [0.2, 0.25) is 0 Å². The van der Waals surface area contributed by atoms with Gasteiger partial charge in [0.05, 0.1) is 0 Å². The quantitative estimate of drug-likeness (QED) is 0.678. The van der Waals surface area contributed by atoms with Crippen LogP contribution in [0.3, 0.4) is 0 Å². The molecule has 2 rings (SSSR count). The number of hydrogen-bond donors (Lipinski definition) is 0. The van der Waals surface area contributed by atoms with E-state index in [1.165, 1.54) is 0 Å². The molecule has 0 atom stereocenters. The Morgan fingerprint density at radius 2 is 2.15 bits per heavy atom. The van der Waals surface area contributed by atoms with Gasteiger partial charge in [-0.1, -0.05) is 0 Å². The van der Waals surface area contributed by atoms with E-state index in [0.717, 1.165) is 21.7 Å². The van der Waals surface area contributed by atoms with E-state index in [1.807, 2.05) is 13.0 Å². The third kappa shape index (κ3) is 1.38. The van der Waals surface area contributed by atoms with Crippen molar-refractivity contribution in [3.63, 3.8) is 0 Å². The minimum Gasteiger partial charge on any atom is -0.298 e. The lowest BCUT2D eigenvalue weighted by atomic mass is 10.3. The smallest absolute Gasteiger partial charge is 0.151 e. The molecule has 13 heavy (non-hydrogen) atoms. The highest BCUT2D eigenvalue weighted by Gasteiger charge is 2.05. The predicted molar refractivity (Wildman–Crippen MR) is 49.4 cm³/mol. The molecule has 0 amide bonds. The Morgan fingerprint density at radius 3 is 2.69 bits per heavy atom. The Labute approximate surface area is 78.8 Å². The Hall–Kier alpha value is -1.49. The van der Waals surface area contributed by atoms with Crippen molar-refractivity contribution in [3.05, 3.63) is 29.2 Å². The van der Waals surface area contributed by atoms with E-state index < -0.39 is 0 Å². The summed E-state index contributed by atoms with van der Waals surface area (Å²) in [6, 6.07) is 1.83. The summed E-state index contributed by atoms with van der Waals surface area (Å²) in [5.41, 5.74) is 0.730. The molecule has 2 aromatic heterocycles. The van der Waals surface area contributed by atoms with E-state index in [0.29, 0.717) is 0 Å². The van der Waals surface area contributed by atoms with Gasteiger partial charge in [0.2, 0.25) is 0 Å². The van der Waals surface area contributed by atoms with E-state index in [4.69, 9.17) is 0 Å². The fraction of sp³-hybridized carbons (Fsp3) is 0.125. The van der Waals surface area contributed by atoms with Gasteiger partial charge < -0.3 is 0 Å². The summed E-state index contributed by atoms with van der Waals surface area (Å²) in [7, 11) is 0. The van der Waals surface area contributed by atoms with Gasteiger partial charge in [0.1, 0.15) is 17.7 Å². The topological polar surface area (TPSA) is 47.8 Å². The zero-order valence-electron chi connectivity index (χ0n) is 6.97. The highest BCUT2D eigenvalue weighted by molar-refractivity contribution is 7.14. The van der Waals surface area contributed by atoms with Gasteiger partial charge in [0.25, 0.3) is 0 Å². The Morgan fingerprint density at radius 1 is 1.46 bits per heavy atom. The highest BCUT2D eigenvalue weighted by atomic mass is 32.1. The lowest BCUT2D eigenvalue weighted by Gasteiger charge is -1.91. The summed E-state index contributed by atoms with van der Waals surface area (Å²) >= 11 is 1.55. The maximum Gasteiger partial charge on any atom is 0.151 e. The molecule has 0 saturated heterocycles. The molecule has 66 valence electrons. The van der Waals surface area contributed by atoms with Crippen LogP contribution in [0.1, 0.15) is 15.2 Å². The summed E-state index contributed by atoms with van der Waals surface area (Å²) in [5, 5.41) is 8.35. The zero-order valence-corrected chi connectivity index (χ0v) is 7.78. The molecule has 4 nitrogen and oxygen atoms in total. The maximum atomic E-state index is 10.6. The molecule has 0 aliphatic carbocycles. The number of aromatic nitrogens is 3. The number of carbonyl (C=O) groups excluding carboxylic acids is 1. The fourth-order valence-corrected chi connectivity index (χ4v) is 1.96. The number of aldehydes is 1. The van der Waals surface area contributed by atoms with Gasteiger partial charge in [-0.3, -0.25) is 9.36 Å². The first-order valence-electron chi connectivity index (χ1n) is 3.72. The third-order valence-corrected chi connectivity index (χ3v) is 2.82. The minimum absolute atomic E-state index is 0.730. The van der Waals surface area contributed by atoms with Gasteiger partial charge in [0, 0.05) is 10.4 Å². The van der Waals surface area contributed by atoms with Crippen LogP contribution in [0.5, 0.6) is 0 Å². The Balaban J connectivity index is 2.48. The number of hydrogen-bond acceptors (Lipinski definition) is 4. The molecule has 0 N–H and O–H groups in total. The number of nitrogens with zero attached hydrogens (tertiary/aromatic N) is 3. The highest BCUT2D eigenvalue weighted by Crippen LogP contribution is 2.23. The van der Waals surface area contributed by atoms with Crippen molar-refractivity contribution in [1.29, 1.82) is 0 Å². The molecule has 0 bridgehead atoms. The van der Waals surface area contributed by atoms with Crippen molar-refractivity contribution in [2.75, 3.05) is 0 Å². The first-order valence-corrected chi connectivity index (χ1v) is 4.53. The van der Waals surface area contributed by atoms with Crippen LogP contribution in [0.4, 0.5) is 0 Å². The summed E-state index contributed by atoms with van der Waals surface area (Å²) in [4.78, 5) is 11.6. The molecule has 0 aromatic carbocycles. The number of rotatable bonds is 2. The number of carbonyl (C=O) groups is 1. The van der Waals surface area contributed by atoms with Crippen LogP contribution in [-0.2, 0) is 0 Å². The molecule has 2 aromatic rings. The number of aryl methyl sites for hydroxylation is 1. The molecule has 5 heteroatoms. The number of thiophene rings is 1. The maximum absolute atomic E-state index is 10.6. The average Bonchev–Trinajstić information content (AvgIpc) is 2.71. The second-order valence-electron chi connectivity index (χ2n) is 2.58. The normalized spacial score (nSPS) is 10.2. The van der Waals surface area contributed by atoms with Crippen LogP contribution in [-0.4, -0.2) is 21.1 Å². The lowest BCUT2D eigenvalue weighted by molar-refractivity contribution is 0.112. The lowest BCUT2D eigenvalue weighted by Crippen LogP contribution is -1.83. The standard InChI is InChI=1S/C8H7N3OS/c1-6-7(3-12)2-8(13-6)11-4-9-10-5-11/h2-5H,1H3. The minimum atomic E-state index is 0.730. The average molecular weight is 193 g/mol. The van der Waals surface area contributed by atoms with E-state index in [1.54, 1.807) is 28.6 Å². The molecular weight excluding hydrogens is 186 g/mol. The first kappa shape index (κ1) is 8.12. The molecule has 0 spiro atoms. The van der Waals surface area contributed by atoms with Crippen molar-refractivity contribution in [2.24, 2.45) is 0 Å². The Bertz CT molecular complexity index is 419. The van der Waals surface area contributed by atoms with Crippen LogP contribution < -0.4 is 0 Å². The SMILES string of the molecule is Cc1sc(-n2cnnc2)cc1C=O. The van der Waals surface area contributed by atoms with Gasteiger partial charge >= 0.3 is 0 Å². The predicted octanol–water partition coefficient (Wildman–Crippen LogP) is 1.45. The molecule has 0 radical (unpaired) electrons. The monoisotopic (exact) mass is 193 g/mol. The van der Waals surface area contributed by atoms with Crippen LogP contribution in [0.15, 0.2) is 18.7 Å². The molecule has 0 aliphatic heterocycles. The van der Waals surface area contributed by atoms with Crippen molar-refractivity contribution in [2.45, 2.75) is 6.92 Å². The van der Waals surface area contributed by atoms with E-state index >= 15 is 0 Å². The van der Waals surface area contributed by atoms with Crippen LogP contribution >= 0.6 is 11.3 Å². The zero-order chi connectivity index (χ0) is 9.26. The van der Waals surface area contributed by atoms with Crippen molar-refractivity contribution >= 4 is 17.6 Å². The van der Waals surface area contributed by atoms with Crippen molar-refractivity contribution in [3.8, 4) is 5.00 Å². The van der Waals surface area contributed by atoms with Crippen LogP contribution in [0.25, 0.3) is 5.00 Å². The molecule has 0 unspecified atom stereocenters. The third-order valence-electron chi connectivity index (χ3n) is 1.74. The fourth-order valence-electron chi connectivity index (χ4n) is 1.04. The summed E-state index contributed by atoms with van der Waals surface area (Å²) in [5.74, 6) is 0. The second kappa shape index (κ2) is 3.10. The van der Waals surface area contributed by atoms with Gasteiger partial charge in [-0.25, -0.2) is 0 Å². The van der Waals surface area contributed by atoms with E-state index in [9.17, 15) is 4.79 Å². The van der Waals surface area contributed by atoms with Crippen molar-refractivity contribution in [1.82, 2.24) is 14.8 Å². The van der Waals surface area contributed by atoms with Gasteiger partial charge in [-0.15, -0.1) is 21.5 Å². The molecule has 0 fully saturated rings.